The highest BCUT2D eigenvalue weighted by atomic mass is 35.5. The fraction of sp³-hybridized carbons (Fsp3) is 0.848. The molecule has 3 saturated carbocycles. The maximum absolute atomic E-state index is 10.1. The highest BCUT2D eigenvalue weighted by Crippen LogP contribution is 2.66. The zero-order chi connectivity index (χ0) is 35.3. The highest BCUT2D eigenvalue weighted by Gasteiger charge is 2.75. The smallest absolute Gasteiger partial charge is 0.304 e. The van der Waals surface area contributed by atoms with Crippen molar-refractivity contribution in [1.82, 2.24) is 14.7 Å². The predicted molar refractivity (Wildman–Crippen MR) is 200 cm³/mol. The molecule has 7 rings (SSSR count). The first-order valence-electron chi connectivity index (χ1n) is 16.8. The number of nitrogens with zero attached hydrogens (tertiary/aromatic N) is 3. The topological polar surface area (TPSA) is 60.9 Å². The van der Waals surface area contributed by atoms with Crippen LogP contribution in [0.15, 0.2) is 4.79 Å². The summed E-state index contributed by atoms with van der Waals surface area (Å²) in [5.41, 5.74) is 2.17. The monoisotopic (exact) mass is 885 g/mol. The predicted octanol–water partition coefficient (Wildman–Crippen LogP) is 2.46. The summed E-state index contributed by atoms with van der Waals surface area (Å²) in [5, 5.41) is -2.35. The molecule has 2 atom stereocenters. The Bertz CT molecular complexity index is 1060. The van der Waals surface area contributed by atoms with E-state index in [1.165, 1.54) is 97.1 Å². The number of likely N-dealkylation sites (tertiary alicyclic amines) is 3. The van der Waals surface area contributed by atoms with Crippen LogP contribution in [0.4, 0.5) is 0 Å². The van der Waals surface area contributed by atoms with Crippen molar-refractivity contribution in [1.29, 1.82) is 0 Å². The van der Waals surface area contributed by atoms with Crippen LogP contribution in [0.2, 0.25) is 0 Å². The number of hydrogen-bond acceptors (Lipinski definition) is 6. The Labute approximate surface area is 345 Å². The van der Waals surface area contributed by atoms with Crippen LogP contribution in [0.1, 0.15) is 82.8 Å². The molecule has 0 aromatic heterocycles. The molecule has 3 aliphatic carbocycles. The summed E-state index contributed by atoms with van der Waals surface area (Å²) in [4.78, 5) is 37.6. The van der Waals surface area contributed by atoms with E-state index < -0.39 is 24.5 Å². The third-order valence-electron chi connectivity index (χ3n) is 10.4. The standard InChI is InChI=1S/C18H33N3.C5H9Cl.C5H6O.C3HCl5.C2Cl2O2.2ClH/c1-4-10-19(11-5-1)16-17(20-12-6-2-7-13-20)18(16)21-14-8-3-9-15-21;2*1-3-4(2)5(3)6;4-1-2(5,6)3(1,7)8;3-1(5)2(4)6;;/h16-18H,1-15H2;3-5H,1-2H3;1-2H3;1H;;2*1H/p-2. The zero-order valence-corrected chi connectivity index (χ0v) is 36.1. The molecule has 6 nitrogen and oxygen atoms in total. The Balaban J connectivity index is 0.000000355. The van der Waals surface area contributed by atoms with Crippen LogP contribution in [0.5, 0.6) is 0 Å². The van der Waals surface area contributed by atoms with Gasteiger partial charge in [-0.25, -0.2) is 0 Å². The molecular weight excluding hydrogens is 841 g/mol. The summed E-state index contributed by atoms with van der Waals surface area (Å²) in [6, 6.07) is 2.63. The third kappa shape index (κ3) is 13.7. The van der Waals surface area contributed by atoms with Crippen molar-refractivity contribution in [3.05, 3.63) is 21.4 Å². The van der Waals surface area contributed by atoms with Crippen molar-refractivity contribution in [2.45, 2.75) is 123 Å². The van der Waals surface area contributed by atoms with Crippen LogP contribution in [-0.4, -0.2) is 102 Å². The van der Waals surface area contributed by atoms with E-state index in [1.807, 2.05) is 13.8 Å². The molecular formula is C33H49Cl10N3O3-2. The molecule has 16 heteroatoms. The summed E-state index contributed by atoms with van der Waals surface area (Å²) in [5.74, 6) is 1.57. The quantitative estimate of drug-likeness (QED) is 0.264. The van der Waals surface area contributed by atoms with Crippen LogP contribution in [0, 0.1) is 25.7 Å². The van der Waals surface area contributed by atoms with Crippen LogP contribution >= 0.6 is 92.8 Å². The lowest BCUT2D eigenvalue weighted by Crippen LogP contribution is -3.00. The number of halogens is 10. The molecule has 0 spiro atoms. The van der Waals surface area contributed by atoms with Gasteiger partial charge < -0.3 is 24.8 Å². The van der Waals surface area contributed by atoms with E-state index in [4.69, 9.17) is 69.6 Å². The largest absolute Gasteiger partial charge is 1.00 e. The van der Waals surface area contributed by atoms with Crippen molar-refractivity contribution >= 4 is 103 Å². The van der Waals surface area contributed by atoms with Crippen LogP contribution in [0.25, 0.3) is 0 Å². The van der Waals surface area contributed by atoms with Gasteiger partial charge in [0.05, 0.1) is 0 Å². The van der Waals surface area contributed by atoms with Crippen molar-refractivity contribution in [2.24, 2.45) is 11.8 Å². The molecule has 3 heterocycles. The van der Waals surface area contributed by atoms with E-state index in [9.17, 15) is 14.4 Å². The number of carbonyl (C=O) groups is 2. The summed E-state index contributed by atoms with van der Waals surface area (Å²) in [6.07, 6.45) is 13.0. The first kappa shape index (κ1) is 48.5. The minimum absolute atomic E-state index is 0. The first-order valence-corrected chi connectivity index (χ1v) is 20.0. The Kier molecular flexibility index (Phi) is 21.4. The lowest BCUT2D eigenvalue weighted by atomic mass is 10.1. The Morgan fingerprint density at radius 1 is 0.571 bits per heavy atom. The second-order valence-corrected chi connectivity index (χ2v) is 18.1. The van der Waals surface area contributed by atoms with Crippen molar-refractivity contribution in [3.63, 3.8) is 0 Å². The second-order valence-electron chi connectivity index (χ2n) is 13.7. The molecule has 286 valence electrons. The molecule has 0 amide bonds. The number of piperidine rings is 3. The number of carbonyl (C=O) groups excluding carboxylic acids is 2. The van der Waals surface area contributed by atoms with E-state index >= 15 is 0 Å². The molecule has 0 radical (unpaired) electrons. The molecule has 3 aliphatic heterocycles. The van der Waals surface area contributed by atoms with Crippen molar-refractivity contribution in [3.8, 4) is 0 Å². The lowest BCUT2D eigenvalue weighted by molar-refractivity contribution is -0.127. The average Bonchev–Trinajstić information content (AvgIpc) is 4.05. The highest BCUT2D eigenvalue weighted by molar-refractivity contribution is 6.97. The third-order valence-corrected chi connectivity index (χ3v) is 15.2. The fourth-order valence-electron chi connectivity index (χ4n) is 6.50. The van der Waals surface area contributed by atoms with Gasteiger partial charge in [-0.05, 0) is 127 Å². The van der Waals surface area contributed by atoms with E-state index in [1.54, 1.807) is 0 Å². The molecule has 3 saturated heterocycles. The van der Waals surface area contributed by atoms with Gasteiger partial charge >= 0.3 is 10.5 Å². The second kappa shape index (κ2) is 21.6. The summed E-state index contributed by atoms with van der Waals surface area (Å²) in [6.45, 7) is 16.3. The van der Waals surface area contributed by atoms with Gasteiger partial charge in [-0.3, -0.25) is 29.1 Å². The fourth-order valence-corrected chi connectivity index (χ4v) is 8.47. The van der Waals surface area contributed by atoms with E-state index in [0.29, 0.717) is 5.38 Å². The molecule has 0 N–H and O–H groups in total. The zero-order valence-electron chi connectivity index (χ0n) is 28.5. The molecule has 49 heavy (non-hydrogen) atoms. The molecule has 2 unspecified atom stereocenters. The van der Waals surface area contributed by atoms with E-state index in [-0.39, 0.29) is 30.2 Å². The van der Waals surface area contributed by atoms with Crippen molar-refractivity contribution < 1.29 is 34.4 Å². The minimum Gasteiger partial charge on any atom is -1.00 e. The molecule has 6 aliphatic rings. The summed E-state index contributed by atoms with van der Waals surface area (Å²) in [7, 11) is 0. The van der Waals surface area contributed by atoms with Gasteiger partial charge in [0.1, 0.15) is 5.38 Å². The van der Waals surface area contributed by atoms with E-state index in [2.05, 4.69) is 51.7 Å². The van der Waals surface area contributed by atoms with Gasteiger partial charge in [-0.15, -0.1) is 23.2 Å². The first-order chi connectivity index (χ1) is 22.0. The van der Waals surface area contributed by atoms with Crippen LogP contribution in [0.3, 0.4) is 0 Å². The van der Waals surface area contributed by atoms with Gasteiger partial charge in [0, 0.05) is 34.6 Å². The average molecular weight is 890 g/mol. The number of hydrogen-bond donors (Lipinski definition) is 0. The molecule has 1 aromatic carbocycles. The molecule has 0 bridgehead atoms. The Morgan fingerprint density at radius 3 is 0.857 bits per heavy atom. The lowest BCUT2D eigenvalue weighted by Gasteiger charge is -2.30. The van der Waals surface area contributed by atoms with Gasteiger partial charge in [0.25, 0.3) is 0 Å². The summed E-state index contributed by atoms with van der Waals surface area (Å²) < 4.78 is -2.31. The van der Waals surface area contributed by atoms with Gasteiger partial charge in [0.15, 0.2) is 14.1 Å². The van der Waals surface area contributed by atoms with Gasteiger partial charge in [-0.2, -0.15) is 0 Å². The number of rotatable bonds is 4. The summed E-state index contributed by atoms with van der Waals surface area (Å²) >= 11 is 41.9. The molecule has 1 aromatic rings. The normalized spacial score (nSPS) is 31.6. The van der Waals surface area contributed by atoms with E-state index in [0.717, 1.165) is 41.1 Å². The van der Waals surface area contributed by atoms with Crippen LogP contribution in [-0.2, 0) is 9.59 Å². The minimum atomic E-state index is -1.16. The Morgan fingerprint density at radius 2 is 0.755 bits per heavy atom. The SMILES string of the molecule is C1CCN(C2C(N3CCCCC3)C2N2CCCCC2)CC1.CC1C(C)C1Cl.Cc1c(C)c1=O.ClC1C(Cl)(Cl)C1(Cl)Cl.O=C(Cl)C(=O)Cl.[Cl-].[Cl-]. The van der Waals surface area contributed by atoms with Crippen LogP contribution < -0.4 is 30.2 Å². The number of alkyl halides is 6. The molecule has 6 fully saturated rings. The Hall–Kier alpha value is 1.53. The van der Waals surface area contributed by atoms with Crippen molar-refractivity contribution in [2.75, 3.05) is 39.3 Å². The van der Waals surface area contributed by atoms with Gasteiger partial charge in [0.2, 0.25) is 0 Å². The maximum atomic E-state index is 10.1. The maximum Gasteiger partial charge on any atom is 0.304 e. The van der Waals surface area contributed by atoms with Gasteiger partial charge in [-0.1, -0.05) is 79.5 Å².